The summed E-state index contributed by atoms with van der Waals surface area (Å²) in [4.78, 5) is 0. The average Bonchev–Trinajstić information content (AvgIpc) is 3.60. The smallest absolute Gasteiger partial charge is 0.273 e. The van der Waals surface area contributed by atoms with Gasteiger partial charge in [0.05, 0.1) is 0 Å². The predicted molar refractivity (Wildman–Crippen MR) is 142 cm³/mol. The van der Waals surface area contributed by atoms with Gasteiger partial charge < -0.3 is 0 Å². The second kappa shape index (κ2) is 11.4. The van der Waals surface area contributed by atoms with Crippen LogP contribution in [0.4, 0.5) is 0 Å². The molecule has 1 atom stereocenters. The van der Waals surface area contributed by atoms with Gasteiger partial charge in [-0.1, -0.05) is 97.6 Å². The van der Waals surface area contributed by atoms with Crippen LogP contribution in [0.25, 0.3) is 21.9 Å². The molecule has 6 rings (SSSR count). The first kappa shape index (κ1) is 24.7. The summed E-state index contributed by atoms with van der Waals surface area (Å²) >= 11 is 0. The molecule has 0 N–H and O–H groups in total. The van der Waals surface area contributed by atoms with Crippen LogP contribution in [0.1, 0.15) is 54.4 Å². The first-order valence-corrected chi connectivity index (χ1v) is 12.3. The molecule has 0 aliphatic heterocycles. The molecule has 2 aliphatic carbocycles. The summed E-state index contributed by atoms with van der Waals surface area (Å²) in [5.74, 6) is 0.610. The molecular formula is C33H32Zr. The summed E-state index contributed by atoms with van der Waals surface area (Å²) in [7, 11) is 0. The Balaban J connectivity index is 0.000000164. The normalized spacial score (nSPS) is 14.7. The maximum absolute atomic E-state index is 3.21. The molecule has 4 aromatic carbocycles. The van der Waals surface area contributed by atoms with Gasteiger partial charge in [0.15, 0.2) is 0 Å². The van der Waals surface area contributed by atoms with Crippen molar-refractivity contribution < 1.29 is 26.2 Å². The quantitative estimate of drug-likeness (QED) is 0.236. The third kappa shape index (κ3) is 5.47. The van der Waals surface area contributed by atoms with Crippen molar-refractivity contribution in [1.29, 1.82) is 0 Å². The van der Waals surface area contributed by atoms with Crippen molar-refractivity contribution in [2.45, 2.75) is 51.9 Å². The fraction of sp³-hybridized carbons (Fsp3) is 0.242. The first-order chi connectivity index (χ1) is 16.2. The minimum atomic E-state index is 0. The standard InChI is InChI=1S/C19H17.C14H15.Zr/c1-13-10-16-12-15-8-5-9-17(15)19(18(16)11-13)14-6-3-2-4-7-14;1-12(11-13-7-5-6-8-13)14-9-3-2-4-10-14;/h2-4,6-7,10-12H,5,8-9H2,1H3;2-4,7-10,12H,5,11H2,1H3;/q2*-1;+2. The largest absolute Gasteiger partial charge is 2.00 e. The molecule has 0 spiro atoms. The van der Waals surface area contributed by atoms with E-state index in [2.05, 4.69) is 111 Å². The maximum Gasteiger partial charge on any atom is 2.00 e. The van der Waals surface area contributed by atoms with Crippen molar-refractivity contribution in [3.05, 3.63) is 125 Å². The second-order valence-electron chi connectivity index (χ2n) is 9.49. The average molecular weight is 520 g/mol. The van der Waals surface area contributed by atoms with Crippen molar-refractivity contribution >= 4 is 10.8 Å². The summed E-state index contributed by atoms with van der Waals surface area (Å²) in [6.45, 7) is 4.47. The van der Waals surface area contributed by atoms with E-state index in [4.69, 9.17) is 0 Å². The monoisotopic (exact) mass is 518 g/mol. The molecule has 0 heterocycles. The number of hydrogen-bond acceptors (Lipinski definition) is 0. The zero-order valence-electron chi connectivity index (χ0n) is 20.3. The first-order valence-electron chi connectivity index (χ1n) is 12.3. The van der Waals surface area contributed by atoms with Crippen molar-refractivity contribution in [1.82, 2.24) is 0 Å². The third-order valence-corrected chi connectivity index (χ3v) is 6.97. The zero-order chi connectivity index (χ0) is 22.6. The van der Waals surface area contributed by atoms with E-state index in [0.717, 1.165) is 12.8 Å². The zero-order valence-corrected chi connectivity index (χ0v) is 22.7. The summed E-state index contributed by atoms with van der Waals surface area (Å²) < 4.78 is 0. The van der Waals surface area contributed by atoms with Gasteiger partial charge in [0.25, 0.3) is 0 Å². The van der Waals surface area contributed by atoms with Gasteiger partial charge in [0.1, 0.15) is 0 Å². The third-order valence-electron chi connectivity index (χ3n) is 6.97. The number of rotatable bonds is 4. The van der Waals surface area contributed by atoms with Gasteiger partial charge >= 0.3 is 26.2 Å². The van der Waals surface area contributed by atoms with E-state index in [9.17, 15) is 0 Å². The van der Waals surface area contributed by atoms with E-state index in [1.54, 1.807) is 11.1 Å². The maximum atomic E-state index is 3.21. The van der Waals surface area contributed by atoms with Crippen LogP contribution in [-0.4, -0.2) is 0 Å². The number of fused-ring (bicyclic) bond motifs is 2. The molecule has 0 saturated carbocycles. The van der Waals surface area contributed by atoms with Crippen LogP contribution in [0, 0.1) is 13.0 Å². The summed E-state index contributed by atoms with van der Waals surface area (Å²) in [6.07, 6.45) is 13.5. The van der Waals surface area contributed by atoms with Gasteiger partial charge in [0.2, 0.25) is 0 Å². The van der Waals surface area contributed by atoms with Gasteiger partial charge in [0, 0.05) is 0 Å². The molecule has 4 aromatic rings. The van der Waals surface area contributed by atoms with Gasteiger partial charge in [-0.25, -0.2) is 11.6 Å². The van der Waals surface area contributed by atoms with E-state index >= 15 is 0 Å². The molecule has 0 radical (unpaired) electrons. The molecule has 1 unspecified atom stereocenters. The fourth-order valence-corrected chi connectivity index (χ4v) is 5.34. The molecule has 0 fully saturated rings. The Labute approximate surface area is 223 Å². The van der Waals surface area contributed by atoms with Gasteiger partial charge in [-0.2, -0.15) is 12.1 Å². The molecule has 0 bridgehead atoms. The SMILES string of the molecule is CC(CC1=CC[C-]=C1)c1ccccc1.Cc1cc2c(-c3ccccc3)c3c(cc2[cH-]1)CCC3.[Zr+2]. The molecule has 1 heteroatoms. The minimum absolute atomic E-state index is 0. The number of allylic oxidation sites excluding steroid dienone is 4. The Morgan fingerprint density at radius 3 is 2.38 bits per heavy atom. The summed E-state index contributed by atoms with van der Waals surface area (Å²) in [5, 5.41) is 2.85. The van der Waals surface area contributed by atoms with Crippen LogP contribution >= 0.6 is 0 Å². The van der Waals surface area contributed by atoms with Crippen molar-refractivity contribution in [3.63, 3.8) is 0 Å². The number of hydrogen-bond donors (Lipinski definition) is 0. The van der Waals surface area contributed by atoms with Gasteiger partial charge in [-0.3, -0.25) is 6.08 Å². The predicted octanol–water partition coefficient (Wildman–Crippen LogP) is 8.89. The topological polar surface area (TPSA) is 0 Å². The van der Waals surface area contributed by atoms with Crippen LogP contribution in [0.2, 0.25) is 0 Å². The van der Waals surface area contributed by atoms with Crippen LogP contribution in [0.15, 0.2) is 96.6 Å². The van der Waals surface area contributed by atoms with E-state index in [1.807, 2.05) is 0 Å². The molecule has 168 valence electrons. The molecule has 0 nitrogen and oxygen atoms in total. The molecule has 0 aromatic heterocycles. The van der Waals surface area contributed by atoms with E-state index < -0.39 is 0 Å². The van der Waals surface area contributed by atoms with Crippen molar-refractivity contribution in [2.24, 2.45) is 0 Å². The van der Waals surface area contributed by atoms with Crippen molar-refractivity contribution in [2.75, 3.05) is 0 Å². The van der Waals surface area contributed by atoms with Crippen LogP contribution in [0.5, 0.6) is 0 Å². The van der Waals surface area contributed by atoms with E-state index in [-0.39, 0.29) is 26.2 Å². The van der Waals surface area contributed by atoms with Gasteiger partial charge in [-0.15, -0.1) is 34.9 Å². The fourth-order valence-electron chi connectivity index (χ4n) is 5.34. The Morgan fingerprint density at radius 1 is 0.941 bits per heavy atom. The van der Waals surface area contributed by atoms with Crippen LogP contribution < -0.4 is 0 Å². The molecular weight excluding hydrogens is 488 g/mol. The Bertz CT molecular complexity index is 1290. The molecule has 0 saturated heterocycles. The minimum Gasteiger partial charge on any atom is -0.273 e. The van der Waals surface area contributed by atoms with Crippen molar-refractivity contribution in [3.8, 4) is 11.1 Å². The second-order valence-corrected chi connectivity index (χ2v) is 9.49. The molecule has 2 aliphatic rings. The van der Waals surface area contributed by atoms with E-state index in [0.29, 0.717) is 5.92 Å². The Kier molecular flexibility index (Phi) is 8.28. The Hall–Kier alpha value is -2.37. The van der Waals surface area contributed by atoms with Crippen LogP contribution in [0.3, 0.4) is 0 Å². The number of aryl methyl sites for hydroxylation is 2. The molecule has 34 heavy (non-hydrogen) atoms. The van der Waals surface area contributed by atoms with E-state index in [1.165, 1.54) is 57.9 Å². The van der Waals surface area contributed by atoms with Gasteiger partial charge in [-0.05, 0) is 36.3 Å². The summed E-state index contributed by atoms with van der Waals surface area (Å²) in [5.41, 5.74) is 10.2. The Morgan fingerprint density at radius 2 is 1.68 bits per heavy atom. The summed E-state index contributed by atoms with van der Waals surface area (Å²) in [6, 6.07) is 28.6. The van der Waals surface area contributed by atoms with Crippen LogP contribution in [-0.2, 0) is 39.0 Å². The molecule has 0 amide bonds. The number of benzene rings is 3.